The molecule has 0 spiro atoms. The Morgan fingerprint density at radius 1 is 1.43 bits per heavy atom. The van der Waals surface area contributed by atoms with Gasteiger partial charge in [-0.2, -0.15) is 0 Å². The van der Waals surface area contributed by atoms with Gasteiger partial charge in [-0.05, 0) is 12.0 Å². The number of methoxy groups -OCH3 is 1. The molecular formula is C20H28N5O3+. The summed E-state index contributed by atoms with van der Waals surface area (Å²) in [6.07, 6.45) is 3.93. The molecule has 0 saturated carbocycles. The van der Waals surface area contributed by atoms with Gasteiger partial charge in [-0.15, -0.1) is 5.10 Å². The number of para-hydroxylation sites is 1. The Kier molecular flexibility index (Phi) is 5.59. The molecule has 3 fully saturated rings. The number of nitrogens with one attached hydrogen (secondary N) is 2. The number of hydrogen-bond acceptors (Lipinski definition) is 5. The Morgan fingerprint density at radius 2 is 2.29 bits per heavy atom. The predicted molar refractivity (Wildman–Crippen MR) is 101 cm³/mol. The van der Waals surface area contributed by atoms with Crippen LogP contribution >= 0.6 is 0 Å². The molecule has 0 radical (unpaired) electrons. The molecule has 1 aromatic carbocycles. The van der Waals surface area contributed by atoms with Gasteiger partial charge in [0.25, 0.3) is 0 Å². The molecule has 1 aromatic heterocycles. The van der Waals surface area contributed by atoms with Crippen LogP contribution in [0.5, 0.6) is 5.75 Å². The summed E-state index contributed by atoms with van der Waals surface area (Å²) in [5.41, 5.74) is 1.59. The lowest BCUT2D eigenvalue weighted by Gasteiger charge is -2.46. The van der Waals surface area contributed by atoms with Crippen LogP contribution in [0.3, 0.4) is 0 Å². The first-order valence-corrected chi connectivity index (χ1v) is 9.92. The van der Waals surface area contributed by atoms with E-state index in [9.17, 15) is 4.79 Å². The summed E-state index contributed by atoms with van der Waals surface area (Å²) in [7, 11) is 1.65. The molecule has 4 heterocycles. The molecule has 2 aromatic rings. The van der Waals surface area contributed by atoms with Crippen molar-refractivity contribution in [2.75, 3.05) is 20.2 Å². The molecule has 150 valence electrons. The summed E-state index contributed by atoms with van der Waals surface area (Å²) in [5, 5.41) is 20.3. The van der Waals surface area contributed by atoms with Crippen molar-refractivity contribution in [3.63, 3.8) is 0 Å². The van der Waals surface area contributed by atoms with Crippen LogP contribution in [-0.4, -0.2) is 52.2 Å². The Morgan fingerprint density at radius 3 is 3.00 bits per heavy atom. The number of carbonyl (C=O) groups is 1. The smallest absolute Gasteiger partial charge is 0.229 e. The average molecular weight is 386 g/mol. The molecule has 8 nitrogen and oxygen atoms in total. The monoisotopic (exact) mass is 386 g/mol. The number of carbonyl (C=O) groups excluding carboxylic acids is 1. The lowest BCUT2D eigenvalue weighted by molar-refractivity contribution is -0.945. The van der Waals surface area contributed by atoms with Gasteiger partial charge in [-0.3, -0.25) is 4.79 Å². The maximum absolute atomic E-state index is 12.8. The van der Waals surface area contributed by atoms with Crippen molar-refractivity contribution in [3.05, 3.63) is 41.7 Å². The molecule has 28 heavy (non-hydrogen) atoms. The third-order valence-electron chi connectivity index (χ3n) is 6.19. The van der Waals surface area contributed by atoms with Crippen molar-refractivity contribution in [3.8, 4) is 5.75 Å². The largest absolute Gasteiger partial charge is 0.496 e. The fraction of sp³-hybridized carbons (Fsp3) is 0.550. The fourth-order valence-electron chi connectivity index (χ4n) is 4.71. The van der Waals surface area contributed by atoms with Gasteiger partial charge in [0.05, 0.1) is 45.5 Å². The average Bonchev–Trinajstić information content (AvgIpc) is 3.20. The number of aromatic nitrogens is 3. The van der Waals surface area contributed by atoms with E-state index >= 15 is 0 Å². The number of quaternary nitrogens is 1. The van der Waals surface area contributed by atoms with Gasteiger partial charge >= 0.3 is 0 Å². The first-order chi connectivity index (χ1) is 13.7. The SMILES string of the molecule is COc1ccccc1CNC(=O)[C@H]1C[NH+]2CC[C@H]1C[C@@H]2Cn1cc(CO)nn1. The van der Waals surface area contributed by atoms with E-state index in [2.05, 4.69) is 15.6 Å². The molecular weight excluding hydrogens is 358 g/mol. The zero-order chi connectivity index (χ0) is 19.5. The zero-order valence-electron chi connectivity index (χ0n) is 16.2. The van der Waals surface area contributed by atoms with Crippen molar-refractivity contribution >= 4 is 5.91 Å². The van der Waals surface area contributed by atoms with E-state index in [0.29, 0.717) is 24.2 Å². The highest BCUT2D eigenvalue weighted by molar-refractivity contribution is 5.79. The second kappa shape index (κ2) is 8.28. The molecule has 3 aliphatic heterocycles. The molecule has 0 aliphatic carbocycles. The number of piperidine rings is 3. The van der Waals surface area contributed by atoms with Gasteiger partial charge < -0.3 is 20.1 Å². The summed E-state index contributed by atoms with van der Waals surface area (Å²) >= 11 is 0. The third kappa shape index (κ3) is 3.88. The molecule has 5 rings (SSSR count). The number of aliphatic hydroxyl groups excluding tert-OH is 1. The number of aliphatic hydroxyl groups is 1. The van der Waals surface area contributed by atoms with Crippen molar-refractivity contribution in [2.45, 2.75) is 38.6 Å². The lowest BCUT2D eigenvalue weighted by Crippen LogP contribution is -3.20. The van der Waals surface area contributed by atoms with Gasteiger partial charge in [-0.1, -0.05) is 23.4 Å². The Balaban J connectivity index is 1.34. The third-order valence-corrected chi connectivity index (χ3v) is 6.19. The minimum Gasteiger partial charge on any atom is -0.496 e. The zero-order valence-corrected chi connectivity index (χ0v) is 16.2. The molecule has 8 heteroatoms. The number of benzene rings is 1. The standard InChI is InChI=1S/C20H27N5O3/c1-28-19-5-3-2-4-15(19)9-21-20(27)18-12-24-7-6-14(18)8-17(24)11-25-10-16(13-26)22-23-25/h2-5,10,14,17-18,26H,6-9,11-13H2,1H3,(H,21,27)/p+1/t14-,17+,18-/m0/s1. The number of ether oxygens (including phenoxy) is 1. The van der Waals surface area contributed by atoms with E-state index < -0.39 is 0 Å². The normalized spacial score (nSPS) is 26.2. The van der Waals surface area contributed by atoms with Gasteiger partial charge in [0.2, 0.25) is 5.91 Å². The highest BCUT2D eigenvalue weighted by atomic mass is 16.5. The van der Waals surface area contributed by atoms with Gasteiger partial charge in [0.1, 0.15) is 17.5 Å². The quantitative estimate of drug-likeness (QED) is 0.590. The maximum atomic E-state index is 12.8. The molecule has 2 bridgehead atoms. The Labute approximate surface area is 164 Å². The summed E-state index contributed by atoms with van der Waals surface area (Å²) in [5.74, 6) is 1.44. The number of fused-ring (bicyclic) bond motifs is 3. The maximum Gasteiger partial charge on any atom is 0.229 e. The summed E-state index contributed by atoms with van der Waals surface area (Å²) in [4.78, 5) is 14.3. The summed E-state index contributed by atoms with van der Waals surface area (Å²) in [6, 6.07) is 8.23. The minimum absolute atomic E-state index is 0.0680. The first kappa shape index (κ1) is 18.9. The van der Waals surface area contributed by atoms with Crippen LogP contribution in [0, 0.1) is 11.8 Å². The van der Waals surface area contributed by atoms with Crippen LogP contribution in [0.4, 0.5) is 0 Å². The van der Waals surface area contributed by atoms with Crippen molar-refractivity contribution in [1.82, 2.24) is 20.3 Å². The Hall–Kier alpha value is -2.45. The van der Waals surface area contributed by atoms with Crippen molar-refractivity contribution < 1.29 is 19.5 Å². The van der Waals surface area contributed by atoms with Crippen LogP contribution < -0.4 is 15.0 Å². The van der Waals surface area contributed by atoms with E-state index in [1.54, 1.807) is 13.3 Å². The molecule has 3 N–H and O–H groups in total. The van der Waals surface area contributed by atoms with Gasteiger partial charge in [-0.25, -0.2) is 4.68 Å². The van der Waals surface area contributed by atoms with Crippen LogP contribution in [-0.2, 0) is 24.5 Å². The van der Waals surface area contributed by atoms with Crippen LogP contribution in [0.1, 0.15) is 24.1 Å². The molecule has 1 unspecified atom stereocenters. The predicted octanol–water partition coefficient (Wildman–Crippen LogP) is -0.611. The number of nitrogens with zero attached hydrogens (tertiary/aromatic N) is 3. The van der Waals surface area contributed by atoms with Crippen LogP contribution in [0.25, 0.3) is 0 Å². The number of rotatable bonds is 7. The van der Waals surface area contributed by atoms with E-state index in [1.807, 2.05) is 28.9 Å². The van der Waals surface area contributed by atoms with E-state index in [-0.39, 0.29) is 18.4 Å². The van der Waals surface area contributed by atoms with Crippen molar-refractivity contribution in [1.29, 1.82) is 0 Å². The van der Waals surface area contributed by atoms with E-state index in [0.717, 1.165) is 43.8 Å². The topological polar surface area (TPSA) is 93.7 Å². The van der Waals surface area contributed by atoms with E-state index in [4.69, 9.17) is 9.84 Å². The second-order valence-corrected chi connectivity index (χ2v) is 7.82. The number of hydrogen-bond donors (Lipinski definition) is 3. The van der Waals surface area contributed by atoms with Crippen LogP contribution in [0.2, 0.25) is 0 Å². The molecule has 3 saturated heterocycles. The van der Waals surface area contributed by atoms with Gasteiger partial charge in [0.15, 0.2) is 0 Å². The second-order valence-electron chi connectivity index (χ2n) is 7.82. The first-order valence-electron chi connectivity index (χ1n) is 9.92. The molecule has 1 amide bonds. The lowest BCUT2D eigenvalue weighted by atomic mass is 9.75. The van der Waals surface area contributed by atoms with E-state index in [1.165, 1.54) is 4.90 Å². The molecule has 3 aliphatic rings. The van der Waals surface area contributed by atoms with Crippen LogP contribution in [0.15, 0.2) is 30.5 Å². The highest BCUT2D eigenvalue weighted by Gasteiger charge is 2.46. The summed E-state index contributed by atoms with van der Waals surface area (Å²) < 4.78 is 7.19. The summed E-state index contributed by atoms with van der Waals surface area (Å²) in [6.45, 7) is 3.17. The number of amides is 1. The van der Waals surface area contributed by atoms with Crippen molar-refractivity contribution in [2.24, 2.45) is 11.8 Å². The van der Waals surface area contributed by atoms with Gasteiger partial charge in [0, 0.05) is 24.9 Å². The fourth-order valence-corrected chi connectivity index (χ4v) is 4.71. The minimum atomic E-state index is -0.0850. The molecule has 4 atom stereocenters. The Bertz CT molecular complexity index is 824. The highest BCUT2D eigenvalue weighted by Crippen LogP contribution is 2.28.